The summed E-state index contributed by atoms with van der Waals surface area (Å²) in [6.07, 6.45) is 4.08. The predicted octanol–water partition coefficient (Wildman–Crippen LogP) is 5.42. The second-order valence-electron chi connectivity index (χ2n) is 7.25. The van der Waals surface area contributed by atoms with Crippen LogP contribution in [-0.2, 0) is 0 Å². The highest BCUT2D eigenvalue weighted by Gasteiger charge is 2.28. The Labute approximate surface area is 159 Å². The number of likely N-dealkylation sites (tertiary alicyclic amines) is 1. The van der Waals surface area contributed by atoms with Gasteiger partial charge in [-0.1, -0.05) is 48.9 Å². The molecule has 4 heteroatoms. The van der Waals surface area contributed by atoms with Crippen molar-refractivity contribution in [3.63, 3.8) is 0 Å². The molecule has 0 spiro atoms. The number of rotatable bonds is 3. The highest BCUT2D eigenvalue weighted by molar-refractivity contribution is 6.30. The van der Waals surface area contributed by atoms with Crippen molar-refractivity contribution >= 4 is 22.5 Å². The molecule has 1 atom stereocenters. The van der Waals surface area contributed by atoms with Crippen LogP contribution in [0.3, 0.4) is 0 Å². The Morgan fingerprint density at radius 2 is 1.81 bits per heavy atom. The first-order chi connectivity index (χ1) is 12.6. The first-order valence-electron chi connectivity index (χ1n) is 9.19. The predicted molar refractivity (Wildman–Crippen MR) is 107 cm³/mol. The molecular weight excluding hydrogens is 344 g/mol. The number of benzene rings is 2. The molecule has 0 radical (unpaired) electrons. The molecule has 1 N–H and O–H groups in total. The number of hydrogen-bond acceptors (Lipinski definition) is 3. The van der Waals surface area contributed by atoms with E-state index in [4.69, 9.17) is 11.6 Å². The molecule has 0 unspecified atom stereocenters. The summed E-state index contributed by atoms with van der Waals surface area (Å²) in [7, 11) is 0. The number of nitrogens with zero attached hydrogens (tertiary/aromatic N) is 2. The van der Waals surface area contributed by atoms with Gasteiger partial charge in [0.05, 0.1) is 6.04 Å². The molecule has 0 saturated carbocycles. The van der Waals surface area contributed by atoms with Crippen LogP contribution < -0.4 is 0 Å². The van der Waals surface area contributed by atoms with Gasteiger partial charge in [-0.15, -0.1) is 0 Å². The van der Waals surface area contributed by atoms with E-state index in [1.165, 1.54) is 12.8 Å². The van der Waals surface area contributed by atoms with Gasteiger partial charge in [-0.25, -0.2) is 0 Å². The van der Waals surface area contributed by atoms with Crippen LogP contribution in [0.5, 0.6) is 5.75 Å². The van der Waals surface area contributed by atoms with Crippen LogP contribution in [-0.4, -0.2) is 28.1 Å². The van der Waals surface area contributed by atoms with Crippen molar-refractivity contribution in [1.29, 1.82) is 0 Å². The third-order valence-electron chi connectivity index (χ3n) is 5.44. The molecule has 4 rings (SSSR count). The molecule has 1 saturated heterocycles. The van der Waals surface area contributed by atoms with Gasteiger partial charge in [0.1, 0.15) is 11.3 Å². The minimum atomic E-state index is 0.00572. The van der Waals surface area contributed by atoms with Gasteiger partial charge in [-0.2, -0.15) is 0 Å². The van der Waals surface area contributed by atoms with Crippen molar-refractivity contribution in [2.45, 2.75) is 25.8 Å². The van der Waals surface area contributed by atoms with E-state index in [1.807, 2.05) is 36.4 Å². The smallest absolute Gasteiger partial charge is 0.146 e. The van der Waals surface area contributed by atoms with Crippen molar-refractivity contribution in [3.05, 3.63) is 70.9 Å². The van der Waals surface area contributed by atoms with E-state index >= 15 is 0 Å². The summed E-state index contributed by atoms with van der Waals surface area (Å²) in [5, 5.41) is 12.7. The fourth-order valence-electron chi connectivity index (χ4n) is 3.88. The molecule has 2 aromatic carbocycles. The Morgan fingerprint density at radius 3 is 2.54 bits per heavy atom. The Bertz CT molecular complexity index is 902. The number of phenols is 1. The molecular formula is C22H23ClN2O. The largest absolute Gasteiger partial charge is 0.505 e. The number of hydrogen-bond donors (Lipinski definition) is 1. The fourth-order valence-corrected chi connectivity index (χ4v) is 4.01. The number of aromatic hydroxyl groups is 1. The first kappa shape index (κ1) is 17.3. The van der Waals surface area contributed by atoms with Crippen LogP contribution in [0.2, 0.25) is 5.02 Å². The highest BCUT2D eigenvalue weighted by Crippen LogP contribution is 2.39. The maximum atomic E-state index is 11.0. The van der Waals surface area contributed by atoms with Gasteiger partial charge in [0.25, 0.3) is 0 Å². The van der Waals surface area contributed by atoms with E-state index in [0.717, 1.165) is 40.5 Å². The Balaban J connectivity index is 1.82. The molecule has 134 valence electrons. The average molecular weight is 367 g/mol. The molecule has 1 aliphatic heterocycles. The van der Waals surface area contributed by atoms with E-state index in [9.17, 15) is 5.11 Å². The lowest BCUT2D eigenvalue weighted by Gasteiger charge is -2.37. The summed E-state index contributed by atoms with van der Waals surface area (Å²) in [4.78, 5) is 6.86. The molecule has 0 aliphatic carbocycles. The second-order valence-corrected chi connectivity index (χ2v) is 7.69. The third-order valence-corrected chi connectivity index (χ3v) is 5.69. The van der Waals surface area contributed by atoms with E-state index in [-0.39, 0.29) is 11.8 Å². The van der Waals surface area contributed by atoms with Crippen LogP contribution in [0.1, 0.15) is 36.9 Å². The van der Waals surface area contributed by atoms with Crippen LogP contribution in [0, 0.1) is 5.92 Å². The average Bonchev–Trinajstić information content (AvgIpc) is 2.67. The lowest BCUT2D eigenvalue weighted by molar-refractivity contribution is 0.156. The molecule has 2 heterocycles. The Hall–Kier alpha value is -2.10. The number of phenolic OH excluding ortho intramolecular Hbond substituents is 1. The SMILES string of the molecule is CC1CCN([C@H](c2ccc(Cl)cc2)c2ccc3cccnc3c2O)CC1. The molecule has 3 nitrogen and oxygen atoms in total. The highest BCUT2D eigenvalue weighted by atomic mass is 35.5. The number of fused-ring (bicyclic) bond motifs is 1. The lowest BCUT2D eigenvalue weighted by atomic mass is 9.91. The topological polar surface area (TPSA) is 36.4 Å². The van der Waals surface area contributed by atoms with E-state index in [2.05, 4.69) is 28.9 Å². The molecule has 1 fully saturated rings. The van der Waals surface area contributed by atoms with Gasteiger partial charge in [0.15, 0.2) is 0 Å². The normalized spacial score (nSPS) is 17.5. The molecule has 26 heavy (non-hydrogen) atoms. The van der Waals surface area contributed by atoms with E-state index in [1.54, 1.807) is 6.20 Å². The second kappa shape index (κ2) is 7.26. The summed E-state index contributed by atoms with van der Waals surface area (Å²) in [6.45, 7) is 4.36. The molecule has 3 aromatic rings. The van der Waals surface area contributed by atoms with Gasteiger partial charge < -0.3 is 5.11 Å². The molecule has 1 aliphatic rings. The van der Waals surface area contributed by atoms with Gasteiger partial charge in [0.2, 0.25) is 0 Å². The van der Waals surface area contributed by atoms with Crippen LogP contribution in [0.15, 0.2) is 54.7 Å². The zero-order chi connectivity index (χ0) is 18.1. The first-order valence-corrected chi connectivity index (χ1v) is 9.57. The quantitative estimate of drug-likeness (QED) is 0.672. The zero-order valence-electron chi connectivity index (χ0n) is 14.9. The monoisotopic (exact) mass is 366 g/mol. The Morgan fingerprint density at radius 1 is 1.08 bits per heavy atom. The van der Waals surface area contributed by atoms with Crippen molar-refractivity contribution in [3.8, 4) is 5.75 Å². The summed E-state index contributed by atoms with van der Waals surface area (Å²) in [5.74, 6) is 1.03. The summed E-state index contributed by atoms with van der Waals surface area (Å²) >= 11 is 6.10. The van der Waals surface area contributed by atoms with Gasteiger partial charge >= 0.3 is 0 Å². The molecule has 1 aromatic heterocycles. The summed E-state index contributed by atoms with van der Waals surface area (Å²) in [6, 6.07) is 15.9. The summed E-state index contributed by atoms with van der Waals surface area (Å²) < 4.78 is 0. The van der Waals surface area contributed by atoms with Crippen LogP contribution >= 0.6 is 11.6 Å². The van der Waals surface area contributed by atoms with E-state index in [0.29, 0.717) is 5.52 Å². The fraction of sp³-hybridized carbons (Fsp3) is 0.318. The summed E-state index contributed by atoms with van der Waals surface area (Å²) in [5.41, 5.74) is 2.72. The maximum absolute atomic E-state index is 11.0. The standard InChI is InChI=1S/C22H23ClN2O/c1-15-10-13-25(14-11-15)21(17-4-7-18(23)8-5-17)19-9-6-16-3-2-12-24-20(16)22(19)26/h2-9,12,15,21,26H,10-11,13-14H2,1H3/t21-/m1/s1. The van der Waals surface area contributed by atoms with Crippen molar-refractivity contribution < 1.29 is 5.11 Å². The van der Waals surface area contributed by atoms with E-state index < -0.39 is 0 Å². The lowest BCUT2D eigenvalue weighted by Crippen LogP contribution is -2.36. The van der Waals surface area contributed by atoms with Crippen molar-refractivity contribution in [2.24, 2.45) is 5.92 Å². The Kier molecular flexibility index (Phi) is 4.84. The minimum absolute atomic E-state index is 0.00572. The van der Waals surface area contributed by atoms with Crippen LogP contribution in [0.4, 0.5) is 0 Å². The van der Waals surface area contributed by atoms with Crippen molar-refractivity contribution in [2.75, 3.05) is 13.1 Å². The van der Waals surface area contributed by atoms with Gasteiger partial charge in [0, 0.05) is 22.2 Å². The number of pyridine rings is 1. The minimum Gasteiger partial charge on any atom is -0.505 e. The number of piperidine rings is 1. The zero-order valence-corrected chi connectivity index (χ0v) is 15.7. The van der Waals surface area contributed by atoms with Gasteiger partial charge in [-0.3, -0.25) is 9.88 Å². The van der Waals surface area contributed by atoms with Crippen molar-refractivity contribution in [1.82, 2.24) is 9.88 Å². The van der Waals surface area contributed by atoms with Crippen LogP contribution in [0.25, 0.3) is 10.9 Å². The van der Waals surface area contributed by atoms with Gasteiger partial charge in [-0.05, 0) is 55.6 Å². The number of halogens is 1. The molecule has 0 bridgehead atoms. The number of aromatic nitrogens is 1. The maximum Gasteiger partial charge on any atom is 0.146 e. The third kappa shape index (κ3) is 3.29. The molecule has 0 amide bonds.